The Bertz CT molecular complexity index is 990. The highest BCUT2D eigenvalue weighted by Gasteiger charge is 2.32. The lowest BCUT2D eigenvalue weighted by molar-refractivity contribution is -0.480. The second-order valence-corrected chi connectivity index (χ2v) is 6.79. The molecule has 2 aromatic rings. The first-order valence-electron chi connectivity index (χ1n) is 8.06. The van der Waals surface area contributed by atoms with Gasteiger partial charge in [0.25, 0.3) is 0 Å². The van der Waals surface area contributed by atoms with Crippen LogP contribution < -0.4 is 5.32 Å². The smallest absolute Gasteiger partial charge is 0.312 e. The number of nitriles is 1. The monoisotopic (exact) mass is 448 g/mol. The SMILES string of the molecule is CC(=O)Nc1c(CCC[N+](=O)[O-])c(C#N)cn1-c1c(Cl)cc(C(F)(F)F)cc1Cl. The second kappa shape index (κ2) is 8.71. The van der Waals surface area contributed by atoms with Crippen molar-refractivity contribution in [1.29, 1.82) is 5.26 Å². The Labute approximate surface area is 172 Å². The van der Waals surface area contributed by atoms with Gasteiger partial charge in [-0.05, 0) is 18.6 Å². The molecule has 29 heavy (non-hydrogen) atoms. The number of hydrogen-bond donors (Lipinski definition) is 1. The van der Waals surface area contributed by atoms with Gasteiger partial charge in [-0.25, -0.2) is 0 Å². The fourth-order valence-electron chi connectivity index (χ4n) is 2.72. The lowest BCUT2D eigenvalue weighted by Gasteiger charge is -2.16. The fraction of sp³-hybridized carbons (Fsp3) is 0.294. The third-order valence-corrected chi connectivity index (χ3v) is 4.45. The van der Waals surface area contributed by atoms with Crippen LogP contribution in [-0.2, 0) is 17.4 Å². The van der Waals surface area contributed by atoms with Gasteiger partial charge in [0.05, 0.1) is 26.9 Å². The van der Waals surface area contributed by atoms with Gasteiger partial charge in [0.1, 0.15) is 11.9 Å². The van der Waals surface area contributed by atoms with Crippen molar-refractivity contribution in [2.45, 2.75) is 25.9 Å². The third kappa shape index (κ3) is 5.19. The summed E-state index contributed by atoms with van der Waals surface area (Å²) in [7, 11) is 0. The topological polar surface area (TPSA) is 101 Å². The summed E-state index contributed by atoms with van der Waals surface area (Å²) in [5, 5.41) is 21.8. The largest absolute Gasteiger partial charge is 0.416 e. The van der Waals surface area contributed by atoms with Crippen LogP contribution in [0.15, 0.2) is 18.3 Å². The summed E-state index contributed by atoms with van der Waals surface area (Å²) in [5.74, 6) is -0.468. The maximum atomic E-state index is 13.0. The Morgan fingerprint density at radius 1 is 1.34 bits per heavy atom. The van der Waals surface area contributed by atoms with E-state index in [1.165, 1.54) is 17.7 Å². The van der Waals surface area contributed by atoms with Gasteiger partial charge >= 0.3 is 6.18 Å². The number of amides is 1. The van der Waals surface area contributed by atoms with Crippen molar-refractivity contribution in [3.63, 3.8) is 0 Å². The number of anilines is 1. The summed E-state index contributed by atoms with van der Waals surface area (Å²) in [6.45, 7) is 0.831. The van der Waals surface area contributed by atoms with Crippen LogP contribution in [0.4, 0.5) is 19.0 Å². The Balaban J connectivity index is 2.66. The Kier molecular flexibility index (Phi) is 6.77. The molecule has 0 aliphatic carbocycles. The van der Waals surface area contributed by atoms with E-state index >= 15 is 0 Å². The van der Waals surface area contributed by atoms with Gasteiger partial charge in [0, 0.05) is 30.0 Å². The third-order valence-electron chi connectivity index (χ3n) is 3.88. The molecule has 7 nitrogen and oxygen atoms in total. The van der Waals surface area contributed by atoms with E-state index in [0.717, 1.165) is 0 Å². The molecule has 0 saturated heterocycles. The number of carbonyl (C=O) groups is 1. The number of hydrogen-bond acceptors (Lipinski definition) is 4. The van der Waals surface area contributed by atoms with E-state index in [0.29, 0.717) is 12.1 Å². The summed E-state index contributed by atoms with van der Waals surface area (Å²) in [6, 6.07) is 3.26. The van der Waals surface area contributed by atoms with Gasteiger partial charge in [-0.15, -0.1) is 0 Å². The van der Waals surface area contributed by atoms with E-state index in [1.54, 1.807) is 0 Å². The normalized spacial score (nSPS) is 11.2. The maximum absolute atomic E-state index is 13.0. The molecule has 0 aliphatic rings. The van der Waals surface area contributed by atoms with Gasteiger partial charge in [0.2, 0.25) is 12.5 Å². The molecule has 0 spiro atoms. The Hall–Kier alpha value is -2.77. The van der Waals surface area contributed by atoms with Crippen LogP contribution in [-0.4, -0.2) is 21.9 Å². The second-order valence-electron chi connectivity index (χ2n) is 5.98. The number of nitrogens with zero attached hydrogens (tertiary/aromatic N) is 3. The van der Waals surface area contributed by atoms with Gasteiger partial charge in [-0.2, -0.15) is 18.4 Å². The van der Waals surface area contributed by atoms with Crippen molar-refractivity contribution < 1.29 is 22.9 Å². The minimum atomic E-state index is -4.67. The van der Waals surface area contributed by atoms with E-state index in [1.807, 2.05) is 6.07 Å². The molecule has 12 heteroatoms. The summed E-state index contributed by atoms with van der Waals surface area (Å²) in [4.78, 5) is 21.7. The zero-order valence-corrected chi connectivity index (χ0v) is 16.3. The first-order valence-corrected chi connectivity index (χ1v) is 8.81. The summed E-state index contributed by atoms with van der Waals surface area (Å²) < 4.78 is 40.1. The Morgan fingerprint density at radius 2 is 1.93 bits per heavy atom. The number of benzene rings is 1. The summed E-state index contributed by atoms with van der Waals surface area (Å²) in [5.41, 5.74) is -0.765. The lowest BCUT2D eigenvalue weighted by atomic mass is 10.1. The molecule has 1 amide bonds. The van der Waals surface area contributed by atoms with E-state index in [4.69, 9.17) is 23.2 Å². The molecule has 2 rings (SSSR count). The van der Waals surface area contributed by atoms with Crippen molar-refractivity contribution in [2.75, 3.05) is 11.9 Å². The van der Waals surface area contributed by atoms with Crippen LogP contribution in [0.1, 0.15) is 30.0 Å². The highest BCUT2D eigenvalue weighted by molar-refractivity contribution is 6.38. The first kappa shape index (κ1) is 22.5. The van der Waals surface area contributed by atoms with Crippen molar-refractivity contribution in [3.8, 4) is 11.8 Å². The van der Waals surface area contributed by atoms with Crippen LogP contribution in [0.2, 0.25) is 10.0 Å². The van der Waals surface area contributed by atoms with Crippen molar-refractivity contribution >= 4 is 34.9 Å². The molecule has 0 bridgehead atoms. The zero-order chi connectivity index (χ0) is 21.9. The van der Waals surface area contributed by atoms with Crippen molar-refractivity contribution in [1.82, 2.24) is 4.57 Å². The zero-order valence-electron chi connectivity index (χ0n) is 14.8. The Morgan fingerprint density at radius 3 is 2.38 bits per heavy atom. The highest BCUT2D eigenvalue weighted by Crippen LogP contribution is 2.40. The number of nitrogens with one attached hydrogen (secondary N) is 1. The quantitative estimate of drug-likeness (QED) is 0.504. The molecule has 0 fully saturated rings. The highest BCUT2D eigenvalue weighted by atomic mass is 35.5. The molecule has 1 heterocycles. The number of carbonyl (C=O) groups excluding carboxylic acids is 1. The summed E-state index contributed by atoms with van der Waals surface area (Å²) in [6.07, 6.45) is -3.27. The molecule has 1 aromatic carbocycles. The van der Waals surface area contributed by atoms with Crippen LogP contribution in [0.25, 0.3) is 5.69 Å². The van der Waals surface area contributed by atoms with E-state index in [2.05, 4.69) is 5.32 Å². The number of rotatable bonds is 6. The first-order chi connectivity index (χ1) is 13.5. The molecule has 1 N–H and O–H groups in total. The minimum absolute atomic E-state index is 0.0564. The summed E-state index contributed by atoms with van der Waals surface area (Å²) >= 11 is 12.1. The predicted octanol–water partition coefficient (Wildman–Crippen LogP) is 4.84. The molecular weight excluding hydrogens is 436 g/mol. The molecule has 0 saturated carbocycles. The van der Waals surface area contributed by atoms with Crippen molar-refractivity contribution in [2.24, 2.45) is 0 Å². The van der Waals surface area contributed by atoms with Gasteiger partial charge in [-0.3, -0.25) is 19.5 Å². The number of nitro groups is 1. The maximum Gasteiger partial charge on any atom is 0.416 e. The fourth-order valence-corrected chi connectivity index (χ4v) is 3.39. The predicted molar refractivity (Wildman–Crippen MR) is 100.0 cm³/mol. The molecule has 0 aliphatic heterocycles. The van der Waals surface area contributed by atoms with E-state index in [-0.39, 0.29) is 52.1 Å². The van der Waals surface area contributed by atoms with Crippen molar-refractivity contribution in [3.05, 3.63) is 55.2 Å². The molecule has 0 atom stereocenters. The molecular formula is C17H13Cl2F3N4O3. The van der Waals surface area contributed by atoms with Crippen LogP contribution in [0, 0.1) is 21.4 Å². The average molecular weight is 449 g/mol. The van der Waals surface area contributed by atoms with Gasteiger partial charge in [0.15, 0.2) is 0 Å². The molecule has 0 radical (unpaired) electrons. The van der Waals surface area contributed by atoms with Crippen LogP contribution in [0.3, 0.4) is 0 Å². The average Bonchev–Trinajstić information content (AvgIpc) is 2.90. The van der Waals surface area contributed by atoms with E-state index < -0.39 is 22.6 Å². The number of halogens is 5. The molecule has 154 valence electrons. The lowest BCUT2D eigenvalue weighted by Crippen LogP contribution is -2.13. The molecule has 0 unspecified atom stereocenters. The minimum Gasteiger partial charge on any atom is -0.312 e. The van der Waals surface area contributed by atoms with Gasteiger partial charge < -0.3 is 5.32 Å². The number of alkyl halides is 3. The molecule has 1 aromatic heterocycles. The van der Waals surface area contributed by atoms with Crippen LogP contribution in [0.5, 0.6) is 0 Å². The van der Waals surface area contributed by atoms with E-state index in [9.17, 15) is 33.3 Å². The van der Waals surface area contributed by atoms with Crippen LogP contribution >= 0.6 is 23.2 Å². The van der Waals surface area contributed by atoms with Gasteiger partial charge in [-0.1, -0.05) is 23.2 Å². The standard InChI is InChI=1S/C17H13Cl2F3N4O3/c1-9(27)24-16-12(3-2-4-26(28)29)10(7-23)8-25(16)15-13(18)5-11(6-14(15)19)17(20,21)22/h5-6,8H,2-4H2,1H3,(H,24,27). The number of aromatic nitrogens is 1.